The van der Waals surface area contributed by atoms with Gasteiger partial charge in [-0.25, -0.2) is 0 Å². The summed E-state index contributed by atoms with van der Waals surface area (Å²) in [5.74, 6) is 0. The molecule has 0 rings (SSSR count). The summed E-state index contributed by atoms with van der Waals surface area (Å²) in [6, 6.07) is 0.644. The first kappa shape index (κ1) is 12.9. The zero-order valence-corrected chi connectivity index (χ0v) is 9.47. The molecule has 13 heavy (non-hydrogen) atoms. The molecule has 3 heteroatoms. The largest absolute Gasteiger partial charge is 0.383 e. The van der Waals surface area contributed by atoms with E-state index in [1.54, 1.807) is 7.11 Å². The molecule has 0 aromatic carbocycles. The van der Waals surface area contributed by atoms with Crippen LogP contribution in [0.5, 0.6) is 0 Å². The number of hydrogen-bond donors (Lipinski definition) is 1. The molecule has 1 unspecified atom stereocenters. The zero-order valence-electron chi connectivity index (χ0n) is 9.47. The van der Waals surface area contributed by atoms with Crippen molar-refractivity contribution in [2.45, 2.75) is 26.3 Å². The van der Waals surface area contributed by atoms with E-state index in [-0.39, 0.29) is 0 Å². The van der Waals surface area contributed by atoms with Crippen LogP contribution in [0.2, 0.25) is 0 Å². The Kier molecular flexibility index (Phi) is 8.40. The van der Waals surface area contributed by atoms with Gasteiger partial charge in [0.05, 0.1) is 6.61 Å². The van der Waals surface area contributed by atoms with Crippen molar-refractivity contribution in [3.8, 4) is 0 Å². The molecular formula is C10H24N2O. The average molecular weight is 188 g/mol. The number of likely N-dealkylation sites (N-methyl/N-ethyl adjacent to an activating group) is 2. The molecule has 0 bridgehead atoms. The van der Waals surface area contributed by atoms with E-state index in [9.17, 15) is 0 Å². The first-order chi connectivity index (χ1) is 6.29. The van der Waals surface area contributed by atoms with Gasteiger partial charge in [0.15, 0.2) is 0 Å². The minimum Gasteiger partial charge on any atom is -0.383 e. The van der Waals surface area contributed by atoms with Gasteiger partial charge in [-0.1, -0.05) is 13.8 Å². The Bertz CT molecular complexity index is 109. The normalized spacial score (nSPS) is 13.6. The first-order valence-corrected chi connectivity index (χ1v) is 5.17. The maximum atomic E-state index is 5.08. The second kappa shape index (κ2) is 8.48. The SMILES string of the molecule is CCC(CNC)N(CC)CCOC. The minimum absolute atomic E-state index is 0.644. The van der Waals surface area contributed by atoms with Gasteiger partial charge in [-0.3, -0.25) is 4.90 Å². The highest BCUT2D eigenvalue weighted by Gasteiger charge is 2.13. The predicted molar refractivity (Wildman–Crippen MR) is 57.1 cm³/mol. The number of nitrogens with zero attached hydrogens (tertiary/aromatic N) is 1. The van der Waals surface area contributed by atoms with E-state index in [1.165, 1.54) is 6.42 Å². The molecule has 0 saturated heterocycles. The number of hydrogen-bond acceptors (Lipinski definition) is 3. The van der Waals surface area contributed by atoms with Crippen LogP contribution in [0.25, 0.3) is 0 Å². The van der Waals surface area contributed by atoms with Crippen LogP contribution in [0.15, 0.2) is 0 Å². The minimum atomic E-state index is 0.644. The maximum Gasteiger partial charge on any atom is 0.0589 e. The number of methoxy groups -OCH3 is 1. The molecule has 0 aliphatic rings. The van der Waals surface area contributed by atoms with Gasteiger partial charge < -0.3 is 10.1 Å². The Balaban J connectivity index is 3.84. The summed E-state index contributed by atoms with van der Waals surface area (Å²) in [5, 5.41) is 3.23. The molecule has 0 fully saturated rings. The lowest BCUT2D eigenvalue weighted by atomic mass is 10.2. The lowest BCUT2D eigenvalue weighted by Gasteiger charge is -2.29. The van der Waals surface area contributed by atoms with Crippen molar-refractivity contribution in [1.29, 1.82) is 0 Å². The third-order valence-electron chi connectivity index (χ3n) is 2.42. The summed E-state index contributed by atoms with van der Waals surface area (Å²) < 4.78 is 5.08. The lowest BCUT2D eigenvalue weighted by molar-refractivity contribution is 0.121. The molecule has 3 nitrogen and oxygen atoms in total. The average Bonchev–Trinajstić information content (AvgIpc) is 2.17. The van der Waals surface area contributed by atoms with E-state index >= 15 is 0 Å². The van der Waals surface area contributed by atoms with Crippen molar-refractivity contribution < 1.29 is 4.74 Å². The van der Waals surface area contributed by atoms with Gasteiger partial charge in [0.2, 0.25) is 0 Å². The van der Waals surface area contributed by atoms with Gasteiger partial charge >= 0.3 is 0 Å². The van der Waals surface area contributed by atoms with Crippen LogP contribution in [0.1, 0.15) is 20.3 Å². The van der Waals surface area contributed by atoms with Gasteiger partial charge in [-0.2, -0.15) is 0 Å². The van der Waals surface area contributed by atoms with Crippen molar-refractivity contribution in [1.82, 2.24) is 10.2 Å². The Morgan fingerprint density at radius 1 is 1.38 bits per heavy atom. The molecule has 1 atom stereocenters. The Labute approximate surface area is 82.4 Å². The maximum absolute atomic E-state index is 5.08. The first-order valence-electron chi connectivity index (χ1n) is 5.17. The molecule has 0 radical (unpaired) electrons. The van der Waals surface area contributed by atoms with E-state index in [0.29, 0.717) is 6.04 Å². The van der Waals surface area contributed by atoms with Crippen molar-refractivity contribution in [3.63, 3.8) is 0 Å². The molecule has 0 aromatic rings. The molecule has 0 aliphatic carbocycles. The van der Waals surface area contributed by atoms with E-state index < -0.39 is 0 Å². The fraction of sp³-hybridized carbons (Fsp3) is 1.00. The molecular weight excluding hydrogens is 164 g/mol. The fourth-order valence-electron chi connectivity index (χ4n) is 1.57. The Morgan fingerprint density at radius 2 is 2.08 bits per heavy atom. The lowest BCUT2D eigenvalue weighted by Crippen LogP contribution is -2.42. The van der Waals surface area contributed by atoms with Gasteiger partial charge in [0, 0.05) is 26.2 Å². The number of ether oxygens (including phenoxy) is 1. The molecule has 0 heterocycles. The summed E-state index contributed by atoms with van der Waals surface area (Å²) in [6.45, 7) is 8.46. The summed E-state index contributed by atoms with van der Waals surface area (Å²) in [5.41, 5.74) is 0. The van der Waals surface area contributed by atoms with Gasteiger partial charge in [0.1, 0.15) is 0 Å². The molecule has 0 amide bonds. The summed E-state index contributed by atoms with van der Waals surface area (Å²) in [4.78, 5) is 2.46. The monoisotopic (exact) mass is 188 g/mol. The van der Waals surface area contributed by atoms with E-state index in [1.807, 2.05) is 7.05 Å². The molecule has 0 aliphatic heterocycles. The van der Waals surface area contributed by atoms with E-state index in [4.69, 9.17) is 4.74 Å². The van der Waals surface area contributed by atoms with Crippen LogP contribution in [0.4, 0.5) is 0 Å². The summed E-state index contributed by atoms with van der Waals surface area (Å²) >= 11 is 0. The van der Waals surface area contributed by atoms with E-state index in [2.05, 4.69) is 24.1 Å². The number of nitrogens with one attached hydrogen (secondary N) is 1. The highest BCUT2D eigenvalue weighted by Crippen LogP contribution is 2.02. The highest BCUT2D eigenvalue weighted by atomic mass is 16.5. The van der Waals surface area contributed by atoms with Crippen molar-refractivity contribution in [2.24, 2.45) is 0 Å². The topological polar surface area (TPSA) is 24.5 Å². The van der Waals surface area contributed by atoms with E-state index in [0.717, 1.165) is 26.2 Å². The third-order valence-corrected chi connectivity index (χ3v) is 2.42. The Morgan fingerprint density at radius 3 is 2.46 bits per heavy atom. The van der Waals surface area contributed by atoms with Gasteiger partial charge in [-0.15, -0.1) is 0 Å². The smallest absolute Gasteiger partial charge is 0.0589 e. The summed E-state index contributed by atoms with van der Waals surface area (Å²) in [6.07, 6.45) is 1.19. The van der Waals surface area contributed by atoms with Crippen LogP contribution in [0, 0.1) is 0 Å². The van der Waals surface area contributed by atoms with Crippen LogP contribution in [0.3, 0.4) is 0 Å². The molecule has 0 spiro atoms. The zero-order chi connectivity index (χ0) is 10.1. The Hall–Kier alpha value is -0.120. The molecule has 0 aromatic heterocycles. The second-order valence-corrected chi connectivity index (χ2v) is 3.24. The van der Waals surface area contributed by atoms with Crippen molar-refractivity contribution in [3.05, 3.63) is 0 Å². The molecule has 0 saturated carbocycles. The third kappa shape index (κ3) is 5.24. The summed E-state index contributed by atoms with van der Waals surface area (Å²) in [7, 11) is 3.76. The fourth-order valence-corrected chi connectivity index (χ4v) is 1.57. The van der Waals surface area contributed by atoms with Gasteiger partial charge in [0.25, 0.3) is 0 Å². The second-order valence-electron chi connectivity index (χ2n) is 3.24. The van der Waals surface area contributed by atoms with Crippen LogP contribution in [-0.4, -0.2) is 51.3 Å². The standard InChI is InChI=1S/C10H24N2O/c1-5-10(9-11-3)12(6-2)7-8-13-4/h10-11H,5-9H2,1-4H3. The number of rotatable bonds is 8. The quantitative estimate of drug-likeness (QED) is 0.614. The van der Waals surface area contributed by atoms with Crippen LogP contribution < -0.4 is 5.32 Å². The van der Waals surface area contributed by atoms with Crippen LogP contribution >= 0.6 is 0 Å². The predicted octanol–water partition coefficient (Wildman–Crippen LogP) is 0.953. The van der Waals surface area contributed by atoms with Crippen molar-refractivity contribution >= 4 is 0 Å². The highest BCUT2D eigenvalue weighted by molar-refractivity contribution is 4.70. The molecule has 1 N–H and O–H groups in total. The van der Waals surface area contributed by atoms with Gasteiger partial charge in [-0.05, 0) is 20.0 Å². The van der Waals surface area contributed by atoms with Crippen LogP contribution in [-0.2, 0) is 4.74 Å². The van der Waals surface area contributed by atoms with Crippen molar-refractivity contribution in [2.75, 3.05) is 40.4 Å². The molecule has 80 valence electrons.